The summed E-state index contributed by atoms with van der Waals surface area (Å²) < 4.78 is 6.31. The maximum atomic E-state index is 11.9. The van der Waals surface area contributed by atoms with Crippen LogP contribution in [0.3, 0.4) is 0 Å². The molecule has 2 aliphatic heterocycles. The number of nitrogens with zero attached hydrogens (tertiary/aromatic N) is 2. The zero-order valence-electron chi connectivity index (χ0n) is 10.0. The van der Waals surface area contributed by atoms with Gasteiger partial charge in [0, 0.05) is 17.4 Å². The molecule has 3 amide bonds. The van der Waals surface area contributed by atoms with E-state index in [1.54, 1.807) is 0 Å². The van der Waals surface area contributed by atoms with Gasteiger partial charge in [0.05, 0.1) is 80.7 Å². The summed E-state index contributed by atoms with van der Waals surface area (Å²) in [7, 11) is 0. The quantitative estimate of drug-likeness (QED) is 0.222. The molecule has 0 spiro atoms. The number of unbranched alkanes of at least 4 members (excludes halogenated alkanes) is 1. The van der Waals surface area contributed by atoms with E-state index in [9.17, 15) is 9.59 Å². The lowest BCUT2D eigenvalue weighted by Crippen LogP contribution is -2.35. The normalized spacial score (nSPS) is 29.8. The average Bonchev–Trinajstić information content (AvgIpc) is 2.92. The van der Waals surface area contributed by atoms with Crippen molar-refractivity contribution >= 4 is 92.3 Å². The SMILES string of the molecule is O=C(CCCC[C@@H]1SC[C@H]2[C@@H]1N(I)C(=O)N2I)NI. The number of halogens is 3. The molecule has 0 bridgehead atoms. The topological polar surface area (TPSA) is 52.7 Å². The van der Waals surface area contributed by atoms with Crippen LogP contribution in [-0.2, 0) is 4.79 Å². The fourth-order valence-electron chi connectivity index (χ4n) is 2.46. The standard InChI is InChI=1S/C10H14I3N3O2S/c11-14-8(17)4-2-1-3-7-9-6(5-19-7)15(12)10(18)16(9)13/h6-7,9H,1-5H2,(H,14,17)/t6-,7-,9-/m0/s1. The van der Waals surface area contributed by atoms with Crippen LogP contribution in [0.4, 0.5) is 4.79 Å². The number of hydrogen-bond donors (Lipinski definition) is 1. The van der Waals surface area contributed by atoms with Gasteiger partial charge in [0.2, 0.25) is 5.91 Å². The summed E-state index contributed by atoms with van der Waals surface area (Å²) >= 11 is 8.11. The van der Waals surface area contributed by atoms with Crippen LogP contribution in [0.5, 0.6) is 0 Å². The third-order valence-electron chi connectivity index (χ3n) is 3.42. The molecule has 5 nitrogen and oxygen atoms in total. The van der Waals surface area contributed by atoms with Gasteiger partial charge in [-0.25, -0.2) is 4.79 Å². The maximum Gasteiger partial charge on any atom is 0.338 e. The summed E-state index contributed by atoms with van der Waals surface area (Å²) in [6.07, 6.45) is 3.65. The highest BCUT2D eigenvalue weighted by Gasteiger charge is 2.51. The van der Waals surface area contributed by atoms with Crippen molar-refractivity contribution < 1.29 is 9.59 Å². The second-order valence-corrected chi connectivity index (χ2v) is 8.49. The van der Waals surface area contributed by atoms with Crippen molar-refractivity contribution in [2.24, 2.45) is 0 Å². The summed E-state index contributed by atoms with van der Waals surface area (Å²) in [5.74, 6) is 1.13. The van der Waals surface area contributed by atoms with Gasteiger partial charge in [-0.05, 0) is 12.8 Å². The fraction of sp³-hybridized carbons (Fsp3) is 0.800. The average molecular weight is 621 g/mol. The summed E-state index contributed by atoms with van der Waals surface area (Å²) in [6, 6.07) is 0.789. The van der Waals surface area contributed by atoms with E-state index in [1.165, 1.54) is 0 Å². The Balaban J connectivity index is 1.80. The number of fused-ring (bicyclic) bond motifs is 1. The van der Waals surface area contributed by atoms with E-state index in [2.05, 4.69) is 49.3 Å². The Morgan fingerprint density at radius 2 is 2.11 bits per heavy atom. The zero-order valence-corrected chi connectivity index (χ0v) is 17.3. The molecule has 0 radical (unpaired) electrons. The predicted octanol–water partition coefficient (Wildman–Crippen LogP) is 3.30. The summed E-state index contributed by atoms with van der Waals surface area (Å²) in [6.45, 7) is 0. The van der Waals surface area contributed by atoms with Crippen molar-refractivity contribution in [2.45, 2.75) is 43.0 Å². The van der Waals surface area contributed by atoms with Crippen molar-refractivity contribution in [3.8, 4) is 0 Å². The van der Waals surface area contributed by atoms with Crippen LogP contribution in [0.1, 0.15) is 25.7 Å². The van der Waals surface area contributed by atoms with Gasteiger partial charge < -0.3 is 0 Å². The minimum atomic E-state index is 0.0996. The van der Waals surface area contributed by atoms with Gasteiger partial charge >= 0.3 is 6.03 Å². The lowest BCUT2D eigenvalue weighted by Gasteiger charge is -2.21. The van der Waals surface area contributed by atoms with Crippen LogP contribution < -0.4 is 3.53 Å². The Morgan fingerprint density at radius 3 is 2.79 bits per heavy atom. The highest BCUT2D eigenvalue weighted by Crippen LogP contribution is 2.44. The smallest absolute Gasteiger partial charge is 0.299 e. The molecule has 1 N–H and O–H groups in total. The Morgan fingerprint density at radius 1 is 1.37 bits per heavy atom. The molecule has 0 aromatic carbocycles. The number of amides is 3. The van der Waals surface area contributed by atoms with E-state index in [0.29, 0.717) is 23.8 Å². The lowest BCUT2D eigenvalue weighted by atomic mass is 10.0. The number of carbonyl (C=O) groups excluding carboxylic acids is 2. The van der Waals surface area contributed by atoms with Crippen molar-refractivity contribution in [3.05, 3.63) is 0 Å². The first kappa shape index (κ1) is 16.6. The number of rotatable bonds is 5. The first-order chi connectivity index (χ1) is 9.06. The third-order valence-corrected chi connectivity index (χ3v) is 7.68. The molecule has 19 heavy (non-hydrogen) atoms. The molecule has 2 fully saturated rings. The van der Waals surface area contributed by atoms with Crippen LogP contribution in [-0.4, -0.2) is 41.3 Å². The molecular weight excluding hydrogens is 607 g/mol. The van der Waals surface area contributed by atoms with E-state index in [0.717, 1.165) is 25.0 Å². The Kier molecular flexibility index (Phi) is 6.58. The van der Waals surface area contributed by atoms with Gasteiger partial charge in [0.1, 0.15) is 0 Å². The number of thioether (sulfide) groups is 1. The zero-order chi connectivity index (χ0) is 14.0. The van der Waals surface area contributed by atoms with Crippen molar-refractivity contribution in [1.29, 1.82) is 0 Å². The molecule has 3 atom stereocenters. The molecule has 108 valence electrons. The molecule has 2 rings (SSSR count). The van der Waals surface area contributed by atoms with Gasteiger partial charge in [0.25, 0.3) is 0 Å². The Labute approximate surface area is 158 Å². The van der Waals surface area contributed by atoms with Gasteiger partial charge in [-0.3, -0.25) is 14.6 Å². The summed E-state index contributed by atoms with van der Waals surface area (Å²) in [5, 5.41) is 0.508. The first-order valence-corrected chi connectivity index (χ1v) is 10.1. The predicted molar refractivity (Wildman–Crippen MR) is 102 cm³/mol. The third kappa shape index (κ3) is 3.73. The number of urea groups is 1. The molecule has 0 aliphatic carbocycles. The highest BCUT2D eigenvalue weighted by molar-refractivity contribution is 14.1. The first-order valence-electron chi connectivity index (χ1n) is 6.01. The van der Waals surface area contributed by atoms with Crippen LogP contribution >= 0.6 is 80.4 Å². The molecule has 0 unspecified atom stereocenters. The van der Waals surface area contributed by atoms with Crippen molar-refractivity contribution in [2.75, 3.05) is 5.75 Å². The van der Waals surface area contributed by atoms with Crippen LogP contribution in [0.2, 0.25) is 0 Å². The fourth-order valence-corrected chi connectivity index (χ4v) is 7.00. The van der Waals surface area contributed by atoms with Gasteiger partial charge in [-0.2, -0.15) is 11.8 Å². The minimum Gasteiger partial charge on any atom is -0.299 e. The summed E-state index contributed by atoms with van der Waals surface area (Å²) in [4.78, 5) is 23.0. The van der Waals surface area contributed by atoms with Crippen LogP contribution in [0.15, 0.2) is 0 Å². The second kappa shape index (κ2) is 7.51. The number of hydrogen-bond acceptors (Lipinski definition) is 3. The van der Waals surface area contributed by atoms with Crippen LogP contribution in [0, 0.1) is 0 Å². The number of carbonyl (C=O) groups is 2. The number of nitrogens with one attached hydrogen (secondary N) is 1. The Bertz CT molecular complexity index is 374. The molecular formula is C10H14I3N3O2S. The second-order valence-electron chi connectivity index (χ2n) is 4.60. The summed E-state index contributed by atoms with van der Waals surface area (Å²) in [5.41, 5.74) is 0. The molecule has 0 aromatic heterocycles. The van der Waals surface area contributed by atoms with Gasteiger partial charge in [-0.15, -0.1) is 0 Å². The highest BCUT2D eigenvalue weighted by atomic mass is 127. The molecule has 2 aliphatic rings. The van der Waals surface area contributed by atoms with Crippen LogP contribution in [0.25, 0.3) is 0 Å². The van der Waals surface area contributed by atoms with E-state index in [-0.39, 0.29) is 11.9 Å². The molecule has 9 heteroatoms. The Hall–Kier alpha value is 1.28. The van der Waals surface area contributed by atoms with Gasteiger partial charge in [-0.1, -0.05) is 6.42 Å². The maximum absolute atomic E-state index is 11.9. The van der Waals surface area contributed by atoms with Gasteiger partial charge in [0.15, 0.2) is 0 Å². The molecule has 0 aromatic rings. The molecule has 2 heterocycles. The van der Waals surface area contributed by atoms with E-state index in [1.807, 2.05) is 40.9 Å². The van der Waals surface area contributed by atoms with E-state index in [4.69, 9.17) is 0 Å². The van der Waals surface area contributed by atoms with Crippen molar-refractivity contribution in [1.82, 2.24) is 9.76 Å². The largest absolute Gasteiger partial charge is 0.338 e. The van der Waals surface area contributed by atoms with Crippen molar-refractivity contribution in [3.63, 3.8) is 0 Å². The minimum absolute atomic E-state index is 0.0996. The lowest BCUT2D eigenvalue weighted by molar-refractivity contribution is -0.118. The van der Waals surface area contributed by atoms with E-state index < -0.39 is 0 Å². The molecule has 2 saturated heterocycles. The molecule has 0 saturated carbocycles. The monoisotopic (exact) mass is 621 g/mol. The van der Waals surface area contributed by atoms with E-state index >= 15 is 0 Å².